The molecule has 11 heteroatoms. The summed E-state index contributed by atoms with van der Waals surface area (Å²) in [5.74, 6) is -1.58. The van der Waals surface area contributed by atoms with Crippen LogP contribution in [0.3, 0.4) is 0 Å². The minimum Gasteiger partial charge on any atom is -0.435 e. The summed E-state index contributed by atoms with van der Waals surface area (Å²) in [6, 6.07) is 6.21. The van der Waals surface area contributed by atoms with Crippen molar-refractivity contribution < 1.29 is 33.4 Å². The van der Waals surface area contributed by atoms with Crippen LogP contribution in [0.1, 0.15) is 39.3 Å². The Morgan fingerprint density at radius 2 is 1.88 bits per heavy atom. The molecule has 5 atom stereocenters. The van der Waals surface area contributed by atoms with E-state index in [1.807, 2.05) is 6.07 Å². The number of β-lactam (4-membered cyclic amide) rings is 1. The SMILES string of the molecule is CCOC(=O)OC(C)OC(=O)[C@@H]1N2C(=O)C(NC(=O)[C@H](N)c3ccccc3)[C@H]2SC1(C)C. The van der Waals surface area contributed by atoms with Crippen molar-refractivity contribution in [2.75, 3.05) is 6.61 Å². The standard InChI is InChI=1S/C21H27N3O7S/c1-5-29-20(28)31-11(2)30-19(27)15-21(3,4)32-18-14(17(26)24(15)18)23-16(25)13(22)12-9-7-6-8-10-12/h6-11,13-15,18H,5,22H2,1-4H3,(H,23,25)/t11?,13-,14?,15+,18-/m1/s1. The topological polar surface area (TPSA) is 137 Å². The number of amides is 2. The summed E-state index contributed by atoms with van der Waals surface area (Å²) in [6.45, 7) is 6.74. The van der Waals surface area contributed by atoms with Gasteiger partial charge < -0.3 is 30.2 Å². The number of nitrogens with one attached hydrogen (secondary N) is 1. The lowest BCUT2D eigenvalue weighted by Gasteiger charge is -2.44. The number of nitrogens with two attached hydrogens (primary N) is 1. The van der Waals surface area contributed by atoms with E-state index in [1.165, 1.54) is 23.6 Å². The van der Waals surface area contributed by atoms with E-state index in [-0.39, 0.29) is 6.61 Å². The average Bonchev–Trinajstić information content (AvgIpc) is 2.99. The van der Waals surface area contributed by atoms with Gasteiger partial charge in [0.2, 0.25) is 18.1 Å². The number of esters is 1. The number of fused-ring (bicyclic) bond motifs is 1. The largest absolute Gasteiger partial charge is 0.511 e. The molecule has 2 fully saturated rings. The van der Waals surface area contributed by atoms with Gasteiger partial charge in [-0.2, -0.15) is 0 Å². The molecule has 0 spiro atoms. The molecule has 2 amide bonds. The van der Waals surface area contributed by atoms with E-state index in [0.29, 0.717) is 5.56 Å². The molecule has 2 aliphatic rings. The Labute approximate surface area is 190 Å². The van der Waals surface area contributed by atoms with Crippen molar-refractivity contribution in [2.45, 2.75) is 62.2 Å². The number of hydrogen-bond donors (Lipinski definition) is 2. The van der Waals surface area contributed by atoms with Crippen molar-refractivity contribution in [1.29, 1.82) is 0 Å². The molecule has 0 radical (unpaired) electrons. The van der Waals surface area contributed by atoms with Gasteiger partial charge >= 0.3 is 12.1 Å². The maximum absolute atomic E-state index is 12.8. The Bertz CT molecular complexity index is 895. The maximum Gasteiger partial charge on any atom is 0.511 e. The fourth-order valence-electron chi connectivity index (χ4n) is 3.72. The molecule has 0 aliphatic carbocycles. The third-order valence-electron chi connectivity index (χ3n) is 5.21. The lowest BCUT2D eigenvalue weighted by Crippen LogP contribution is -2.71. The van der Waals surface area contributed by atoms with Crippen LogP contribution in [0, 0.1) is 0 Å². The van der Waals surface area contributed by atoms with Crippen molar-refractivity contribution in [2.24, 2.45) is 5.73 Å². The van der Waals surface area contributed by atoms with Crippen LogP contribution in [-0.2, 0) is 28.6 Å². The second-order valence-corrected chi connectivity index (χ2v) is 9.71. The Balaban J connectivity index is 1.63. The lowest BCUT2D eigenvalue weighted by atomic mass is 9.95. The zero-order valence-electron chi connectivity index (χ0n) is 18.3. The normalized spacial score (nSPS) is 25.1. The molecule has 174 valence electrons. The predicted octanol–water partition coefficient (Wildman–Crippen LogP) is 1.30. The van der Waals surface area contributed by atoms with Gasteiger partial charge in [-0.05, 0) is 26.3 Å². The molecule has 2 saturated heterocycles. The highest BCUT2D eigenvalue weighted by Gasteiger charge is 2.64. The van der Waals surface area contributed by atoms with Gasteiger partial charge in [0.05, 0.1) is 6.61 Å². The molecule has 2 aliphatic heterocycles. The van der Waals surface area contributed by atoms with Crippen molar-refractivity contribution in [1.82, 2.24) is 10.2 Å². The summed E-state index contributed by atoms with van der Waals surface area (Å²) in [5, 5.41) is 2.26. The van der Waals surface area contributed by atoms with Crippen LogP contribution in [0.5, 0.6) is 0 Å². The first-order valence-corrected chi connectivity index (χ1v) is 11.1. The van der Waals surface area contributed by atoms with E-state index in [9.17, 15) is 19.2 Å². The van der Waals surface area contributed by atoms with Gasteiger partial charge in [0, 0.05) is 11.7 Å². The smallest absolute Gasteiger partial charge is 0.435 e. The molecule has 2 unspecified atom stereocenters. The zero-order chi connectivity index (χ0) is 23.6. The van der Waals surface area contributed by atoms with Gasteiger partial charge in [-0.15, -0.1) is 11.8 Å². The summed E-state index contributed by atoms with van der Waals surface area (Å²) in [7, 11) is 0. The van der Waals surface area contributed by atoms with Crippen LogP contribution in [-0.4, -0.2) is 63.9 Å². The molecular weight excluding hydrogens is 438 g/mol. The lowest BCUT2D eigenvalue weighted by molar-refractivity contribution is -0.180. The van der Waals surface area contributed by atoms with Crippen LogP contribution in [0.15, 0.2) is 30.3 Å². The van der Waals surface area contributed by atoms with E-state index < -0.39 is 58.5 Å². The Morgan fingerprint density at radius 1 is 1.22 bits per heavy atom. The Morgan fingerprint density at radius 3 is 2.50 bits per heavy atom. The quantitative estimate of drug-likeness (QED) is 0.347. The van der Waals surface area contributed by atoms with Crippen LogP contribution >= 0.6 is 11.8 Å². The van der Waals surface area contributed by atoms with E-state index in [4.69, 9.17) is 15.2 Å². The first kappa shape index (κ1) is 23.9. The molecular formula is C21H27N3O7S. The molecule has 1 aromatic carbocycles. The summed E-state index contributed by atoms with van der Waals surface area (Å²) in [5.41, 5.74) is 6.65. The zero-order valence-corrected chi connectivity index (χ0v) is 19.1. The Kier molecular flexibility index (Phi) is 6.99. The van der Waals surface area contributed by atoms with Gasteiger partial charge in [0.1, 0.15) is 23.5 Å². The molecule has 10 nitrogen and oxygen atoms in total. The molecule has 32 heavy (non-hydrogen) atoms. The van der Waals surface area contributed by atoms with E-state index in [0.717, 1.165) is 0 Å². The number of carbonyl (C=O) groups excluding carboxylic acids is 4. The first-order valence-electron chi connectivity index (χ1n) is 10.2. The molecule has 0 aromatic heterocycles. The molecule has 3 rings (SSSR count). The molecule has 0 saturated carbocycles. The maximum atomic E-state index is 12.8. The minimum absolute atomic E-state index is 0.122. The summed E-state index contributed by atoms with van der Waals surface area (Å²) in [6.07, 6.45) is -2.14. The number of hydrogen-bond acceptors (Lipinski definition) is 9. The molecule has 2 heterocycles. The second kappa shape index (κ2) is 9.37. The van der Waals surface area contributed by atoms with Gasteiger partial charge in [-0.1, -0.05) is 30.3 Å². The number of thioether (sulfide) groups is 1. The van der Waals surface area contributed by atoms with Gasteiger partial charge in [-0.25, -0.2) is 9.59 Å². The van der Waals surface area contributed by atoms with Gasteiger partial charge in [0.25, 0.3) is 0 Å². The highest BCUT2D eigenvalue weighted by Crippen LogP contribution is 2.51. The number of benzene rings is 1. The highest BCUT2D eigenvalue weighted by molar-refractivity contribution is 8.01. The van der Waals surface area contributed by atoms with Crippen LogP contribution < -0.4 is 11.1 Å². The second-order valence-electron chi connectivity index (χ2n) is 7.94. The first-order chi connectivity index (χ1) is 15.1. The number of carbonyl (C=O) groups is 4. The van der Waals surface area contributed by atoms with Crippen LogP contribution in [0.25, 0.3) is 0 Å². The number of ether oxygens (including phenoxy) is 3. The fourth-order valence-corrected chi connectivity index (χ4v) is 5.34. The minimum atomic E-state index is -1.18. The van der Waals surface area contributed by atoms with E-state index in [1.54, 1.807) is 45.0 Å². The fraction of sp³-hybridized carbons (Fsp3) is 0.524. The van der Waals surface area contributed by atoms with Gasteiger partial charge in [0.15, 0.2) is 0 Å². The Hall–Kier alpha value is -2.79. The van der Waals surface area contributed by atoms with Crippen molar-refractivity contribution in [3.63, 3.8) is 0 Å². The highest BCUT2D eigenvalue weighted by atomic mass is 32.2. The predicted molar refractivity (Wildman–Crippen MR) is 115 cm³/mol. The van der Waals surface area contributed by atoms with Crippen LogP contribution in [0.4, 0.5) is 4.79 Å². The van der Waals surface area contributed by atoms with Gasteiger partial charge in [-0.3, -0.25) is 9.59 Å². The summed E-state index contributed by atoms with van der Waals surface area (Å²) in [4.78, 5) is 51.0. The molecule has 3 N–H and O–H groups in total. The van der Waals surface area contributed by atoms with Crippen molar-refractivity contribution in [3.8, 4) is 0 Å². The molecule has 0 bridgehead atoms. The average molecular weight is 466 g/mol. The summed E-state index contributed by atoms with van der Waals surface area (Å²) >= 11 is 1.38. The van der Waals surface area contributed by atoms with E-state index >= 15 is 0 Å². The van der Waals surface area contributed by atoms with Crippen LogP contribution in [0.2, 0.25) is 0 Å². The third kappa shape index (κ3) is 4.68. The van der Waals surface area contributed by atoms with Crippen molar-refractivity contribution in [3.05, 3.63) is 35.9 Å². The van der Waals surface area contributed by atoms with E-state index in [2.05, 4.69) is 10.1 Å². The number of nitrogens with zero attached hydrogens (tertiary/aromatic N) is 1. The summed E-state index contributed by atoms with van der Waals surface area (Å²) < 4.78 is 14.0. The molecule has 1 aromatic rings. The monoisotopic (exact) mass is 465 g/mol. The number of rotatable bonds is 7. The third-order valence-corrected chi connectivity index (χ3v) is 6.78. The van der Waals surface area contributed by atoms with Crippen molar-refractivity contribution >= 4 is 35.7 Å².